The van der Waals surface area contributed by atoms with E-state index in [0.29, 0.717) is 15.5 Å². The van der Waals surface area contributed by atoms with Gasteiger partial charge in [0.25, 0.3) is 5.56 Å². The van der Waals surface area contributed by atoms with Gasteiger partial charge in [-0.25, -0.2) is 9.18 Å². The zero-order valence-corrected chi connectivity index (χ0v) is 31.0. The molecule has 0 fully saturated rings. The van der Waals surface area contributed by atoms with Gasteiger partial charge in [-0.2, -0.15) is 22.9 Å². The lowest BCUT2D eigenvalue weighted by Crippen LogP contribution is -2.37. The number of nitrogens with two attached hydrogens (primary N) is 1. The van der Waals surface area contributed by atoms with E-state index in [9.17, 15) is 36.5 Å². The number of alkyl halides is 3. The number of benzene rings is 1. The number of aryl methyl sites for hydroxylation is 1. The molecule has 2 aromatic heterocycles. The van der Waals surface area contributed by atoms with Crippen LogP contribution >= 0.6 is 46.9 Å². The van der Waals surface area contributed by atoms with Crippen LogP contribution in [0.2, 0.25) is 5.02 Å². The number of carbonyl (C=O) groups is 2. The molecule has 49 heavy (non-hydrogen) atoms. The molecule has 0 aliphatic heterocycles. The van der Waals surface area contributed by atoms with Crippen LogP contribution in [0.5, 0.6) is 0 Å². The second kappa shape index (κ2) is 17.7. The van der Waals surface area contributed by atoms with E-state index < -0.39 is 60.6 Å². The summed E-state index contributed by atoms with van der Waals surface area (Å²) in [5, 5.41) is 21.7. The van der Waals surface area contributed by atoms with Gasteiger partial charge in [0.15, 0.2) is 5.69 Å². The summed E-state index contributed by atoms with van der Waals surface area (Å²) in [6.45, 7) is 8.49. The molecule has 15 nitrogen and oxygen atoms in total. The van der Waals surface area contributed by atoms with Gasteiger partial charge in [0.05, 0.1) is 34.0 Å². The second-order valence-corrected chi connectivity index (χ2v) is 14.6. The van der Waals surface area contributed by atoms with Crippen LogP contribution in [-0.2, 0) is 32.7 Å². The van der Waals surface area contributed by atoms with Gasteiger partial charge in [-0.05, 0) is 48.2 Å². The Hall–Kier alpha value is -3.07. The molecule has 2 heterocycles. The molecule has 3 aromatic rings. The van der Waals surface area contributed by atoms with E-state index in [4.69, 9.17) is 37.1 Å². The fourth-order valence-electron chi connectivity index (χ4n) is 3.45. The topological polar surface area (TPSA) is 225 Å². The Balaban J connectivity index is 0.000000420. The number of aliphatic carboxylic acids is 1. The van der Waals surface area contributed by atoms with Gasteiger partial charge in [-0.3, -0.25) is 24.2 Å². The smallest absolute Gasteiger partial charge is 0.434 e. The molecule has 274 valence electrons. The van der Waals surface area contributed by atoms with Crippen LogP contribution in [0, 0.1) is 5.82 Å². The van der Waals surface area contributed by atoms with Crippen molar-refractivity contribution in [3.05, 3.63) is 54.8 Å². The molecule has 0 unspecified atom stereocenters. The van der Waals surface area contributed by atoms with Crippen molar-refractivity contribution in [2.75, 3.05) is 24.9 Å². The molecule has 3 rings (SSSR count). The first-order valence-electron chi connectivity index (χ1n) is 13.5. The second-order valence-electron chi connectivity index (χ2n) is 11.0. The van der Waals surface area contributed by atoms with Crippen LogP contribution < -0.4 is 16.7 Å². The molecule has 0 saturated carbocycles. The van der Waals surface area contributed by atoms with E-state index in [2.05, 4.69) is 36.5 Å². The van der Waals surface area contributed by atoms with E-state index >= 15 is 0 Å². The van der Waals surface area contributed by atoms with Gasteiger partial charge in [0.1, 0.15) is 17.2 Å². The van der Waals surface area contributed by atoms with Gasteiger partial charge < -0.3 is 25.5 Å². The summed E-state index contributed by atoms with van der Waals surface area (Å²) in [6, 6.07) is 1.86. The standard InChI is InChI=1S/C15H12BrClF4N2O2.C8H14N4OS.C3H8NO5P/c1-6(2)25-14(24)7-4-8(10(18)5-9(7)17)12-11(16)13(15(19,20)21)23(3)22-12;1-8(2,3)5-6(13)12(9)7(14-4)11-10-5;5-3(6)1-4-2-10(7,8)9/h4-6H,1-3H3;9H2,1-4H3;4H,1-2H2,(H,5,6)(H2,7,8,9). The van der Waals surface area contributed by atoms with Crippen molar-refractivity contribution in [3.8, 4) is 11.3 Å². The summed E-state index contributed by atoms with van der Waals surface area (Å²) >= 11 is 9.96. The SMILES string of the molecule is CC(C)OC(=O)c1cc(-c2nn(C)c(C(F)(F)F)c2Br)c(F)cc1Cl.CSc1nnc(C(C)(C)C)c(=O)n1N.O=C(O)CNCP(=O)(O)O. The monoisotopic (exact) mass is 825 g/mol. The third-order valence-corrected chi connectivity index (χ3v) is 7.83. The number of hydrogen-bond donors (Lipinski definition) is 5. The Labute approximate surface area is 294 Å². The predicted molar refractivity (Wildman–Crippen MR) is 176 cm³/mol. The Kier molecular flexibility index (Phi) is 15.9. The lowest BCUT2D eigenvalue weighted by atomic mass is 9.93. The average molecular weight is 827 g/mol. The van der Waals surface area contributed by atoms with Crippen LogP contribution in [-0.4, -0.2) is 76.7 Å². The molecular weight excluding hydrogens is 793 g/mol. The number of rotatable bonds is 8. The predicted octanol–water partition coefficient (Wildman–Crippen LogP) is 4.39. The molecule has 0 aliphatic rings. The maximum Gasteiger partial charge on any atom is 0.434 e. The van der Waals surface area contributed by atoms with Crippen molar-refractivity contribution in [2.24, 2.45) is 7.05 Å². The highest BCUT2D eigenvalue weighted by molar-refractivity contribution is 9.10. The van der Waals surface area contributed by atoms with E-state index in [-0.39, 0.29) is 32.8 Å². The number of halogens is 6. The van der Waals surface area contributed by atoms with Gasteiger partial charge >= 0.3 is 25.7 Å². The summed E-state index contributed by atoms with van der Waals surface area (Å²) in [7, 11) is -3.01. The first-order valence-corrected chi connectivity index (χ1v) is 17.7. The lowest BCUT2D eigenvalue weighted by molar-refractivity contribution is -0.144. The molecule has 23 heteroatoms. The van der Waals surface area contributed by atoms with Crippen molar-refractivity contribution < 1.29 is 51.3 Å². The number of carbonyl (C=O) groups excluding carboxylic acids is 1. The van der Waals surface area contributed by atoms with Crippen LogP contribution in [0.3, 0.4) is 0 Å². The molecule has 0 saturated heterocycles. The maximum atomic E-state index is 14.3. The molecule has 0 atom stereocenters. The fourth-order valence-corrected chi connectivity index (χ4v) is 5.25. The molecule has 0 bridgehead atoms. The van der Waals surface area contributed by atoms with Crippen LogP contribution in [0.15, 0.2) is 26.6 Å². The number of aromatic nitrogens is 5. The number of nitrogens with zero attached hydrogens (tertiary/aromatic N) is 5. The summed E-state index contributed by atoms with van der Waals surface area (Å²) in [4.78, 5) is 49.9. The van der Waals surface area contributed by atoms with E-state index in [0.717, 1.165) is 23.9 Å². The molecule has 1 aromatic carbocycles. The highest BCUT2D eigenvalue weighted by Crippen LogP contribution is 2.41. The van der Waals surface area contributed by atoms with Crippen molar-refractivity contribution >= 4 is 58.8 Å². The molecule has 0 spiro atoms. The normalized spacial score (nSPS) is 11.8. The summed E-state index contributed by atoms with van der Waals surface area (Å²) in [5.74, 6) is 2.69. The van der Waals surface area contributed by atoms with Crippen molar-refractivity contribution in [1.29, 1.82) is 0 Å². The number of esters is 1. The molecule has 0 amide bonds. The number of nitrogens with one attached hydrogen (secondary N) is 1. The largest absolute Gasteiger partial charge is 0.480 e. The molecule has 0 radical (unpaired) electrons. The molecule has 6 N–H and O–H groups in total. The number of carboxylic acids is 1. The van der Waals surface area contributed by atoms with Crippen molar-refractivity contribution in [2.45, 2.75) is 57.5 Å². The number of hydrogen-bond acceptors (Lipinski definition) is 11. The minimum atomic E-state index is -4.69. The fraction of sp³-hybridized carbons (Fsp3) is 0.462. The zero-order chi connectivity index (χ0) is 38.2. The van der Waals surface area contributed by atoms with Crippen LogP contribution in [0.4, 0.5) is 17.6 Å². The Morgan fingerprint density at radius 3 is 2.20 bits per heavy atom. The zero-order valence-electron chi connectivity index (χ0n) is 27.0. The van der Waals surface area contributed by atoms with E-state index in [1.165, 1.54) is 11.8 Å². The highest BCUT2D eigenvalue weighted by Gasteiger charge is 2.39. The van der Waals surface area contributed by atoms with Gasteiger partial charge in [0.2, 0.25) is 5.16 Å². The Morgan fingerprint density at radius 2 is 1.78 bits per heavy atom. The third kappa shape index (κ3) is 13.3. The Bertz CT molecular complexity index is 1760. The molecular formula is C26H34BrClF4N7O8PS. The van der Waals surface area contributed by atoms with E-state index in [1.807, 2.05) is 20.8 Å². The Morgan fingerprint density at radius 1 is 1.20 bits per heavy atom. The van der Waals surface area contributed by atoms with Crippen LogP contribution in [0.25, 0.3) is 11.3 Å². The maximum absolute atomic E-state index is 14.3. The minimum absolute atomic E-state index is 0.169. The highest BCUT2D eigenvalue weighted by atomic mass is 79.9. The summed E-state index contributed by atoms with van der Waals surface area (Å²) < 4.78 is 69.7. The van der Waals surface area contributed by atoms with Gasteiger partial charge in [-0.15, -0.1) is 10.2 Å². The van der Waals surface area contributed by atoms with Gasteiger partial charge in [-0.1, -0.05) is 44.1 Å². The van der Waals surface area contributed by atoms with Crippen molar-refractivity contribution in [1.82, 2.24) is 30.0 Å². The first-order chi connectivity index (χ1) is 22.2. The molecule has 0 aliphatic carbocycles. The summed E-state index contributed by atoms with van der Waals surface area (Å²) in [5.41, 5.74) is -2.08. The minimum Gasteiger partial charge on any atom is -0.480 e. The van der Waals surface area contributed by atoms with Crippen LogP contribution in [0.1, 0.15) is 56.4 Å². The average Bonchev–Trinajstić information content (AvgIpc) is 3.22. The summed E-state index contributed by atoms with van der Waals surface area (Å²) in [6.07, 6.45) is -3.94. The third-order valence-electron chi connectivity index (χ3n) is 5.48. The van der Waals surface area contributed by atoms with Gasteiger partial charge in [0, 0.05) is 18.0 Å². The quantitative estimate of drug-likeness (QED) is 0.0699. The lowest BCUT2D eigenvalue weighted by Gasteiger charge is -2.16. The van der Waals surface area contributed by atoms with Crippen molar-refractivity contribution in [3.63, 3.8) is 0 Å². The number of thioether (sulfide) groups is 1. The number of ether oxygens (including phenoxy) is 1. The number of carboxylic acid groups (broad SMARTS) is 1. The first kappa shape index (κ1) is 44.0. The van der Waals surface area contributed by atoms with E-state index in [1.54, 1.807) is 20.1 Å². The number of nitrogen functional groups attached to an aromatic ring is 1.